The van der Waals surface area contributed by atoms with Gasteiger partial charge in [0, 0.05) is 30.6 Å². The van der Waals surface area contributed by atoms with Crippen molar-refractivity contribution in [3.63, 3.8) is 0 Å². The zero-order valence-corrected chi connectivity index (χ0v) is 16.7. The highest BCUT2D eigenvalue weighted by molar-refractivity contribution is 7.99. The number of nitrogens with zero attached hydrogens (tertiary/aromatic N) is 1. The highest BCUT2D eigenvalue weighted by Crippen LogP contribution is 2.22. The number of carbonyl (C=O) groups is 2. The Morgan fingerprint density at radius 1 is 1.18 bits per heavy atom. The number of aromatic nitrogens is 1. The summed E-state index contributed by atoms with van der Waals surface area (Å²) in [6, 6.07) is 8.76. The van der Waals surface area contributed by atoms with E-state index in [0.717, 1.165) is 24.9 Å². The first-order chi connectivity index (χ1) is 13.3. The highest BCUT2D eigenvalue weighted by atomic mass is 32.2. The molecule has 1 fully saturated rings. The monoisotopic (exact) mass is 421 g/mol. The maximum atomic E-state index is 12.3. The van der Waals surface area contributed by atoms with Crippen molar-refractivity contribution >= 4 is 39.3 Å². The molecule has 2 N–H and O–H groups in total. The minimum atomic E-state index is -3.91. The van der Waals surface area contributed by atoms with Crippen molar-refractivity contribution in [3.8, 4) is 5.88 Å². The maximum absolute atomic E-state index is 12.3. The summed E-state index contributed by atoms with van der Waals surface area (Å²) in [5.41, 5.74) is 0.762. The lowest BCUT2D eigenvalue weighted by molar-refractivity contribution is -0.117. The van der Waals surface area contributed by atoms with Gasteiger partial charge in [-0.2, -0.15) is 11.8 Å². The van der Waals surface area contributed by atoms with Gasteiger partial charge in [-0.25, -0.2) is 18.1 Å². The number of hydrogen-bond donors (Lipinski definition) is 2. The lowest BCUT2D eigenvalue weighted by Gasteiger charge is -2.11. The predicted molar refractivity (Wildman–Crippen MR) is 106 cm³/mol. The molecule has 28 heavy (non-hydrogen) atoms. The van der Waals surface area contributed by atoms with Gasteiger partial charge in [0.2, 0.25) is 11.8 Å². The molecule has 2 aromatic rings. The molecule has 1 unspecified atom stereocenters. The van der Waals surface area contributed by atoms with Crippen molar-refractivity contribution in [1.29, 1.82) is 0 Å². The molecular formula is C18H19N3O5S2. The summed E-state index contributed by atoms with van der Waals surface area (Å²) < 4.78 is 31.5. The van der Waals surface area contributed by atoms with E-state index in [1.807, 2.05) is 16.5 Å². The molecule has 1 saturated heterocycles. The summed E-state index contributed by atoms with van der Waals surface area (Å²) >= 11 is 1.84. The summed E-state index contributed by atoms with van der Waals surface area (Å²) in [5.74, 6) is 1.45. The summed E-state index contributed by atoms with van der Waals surface area (Å²) in [5, 5.41) is 2.66. The lowest BCUT2D eigenvalue weighted by atomic mass is 10.2. The van der Waals surface area contributed by atoms with Crippen LogP contribution >= 0.6 is 11.8 Å². The van der Waals surface area contributed by atoms with E-state index in [0.29, 0.717) is 17.1 Å². The van der Waals surface area contributed by atoms with Crippen molar-refractivity contribution in [2.45, 2.75) is 24.3 Å². The van der Waals surface area contributed by atoms with Crippen molar-refractivity contribution in [3.05, 3.63) is 48.2 Å². The Morgan fingerprint density at radius 3 is 2.50 bits per heavy atom. The third kappa shape index (κ3) is 5.23. The summed E-state index contributed by atoms with van der Waals surface area (Å²) in [6.07, 6.45) is 2.58. The van der Waals surface area contributed by atoms with Gasteiger partial charge in [-0.05, 0) is 42.5 Å². The van der Waals surface area contributed by atoms with E-state index in [1.54, 1.807) is 12.1 Å². The second kappa shape index (κ2) is 8.61. The summed E-state index contributed by atoms with van der Waals surface area (Å²) in [4.78, 5) is 27.4. The second-order valence-corrected chi connectivity index (χ2v) is 8.96. The molecule has 0 aliphatic carbocycles. The molecule has 1 aromatic heterocycles. The number of carbonyl (C=O) groups excluding carboxylic acids is 2. The molecule has 0 saturated carbocycles. The summed E-state index contributed by atoms with van der Waals surface area (Å²) in [7, 11) is -3.91. The van der Waals surface area contributed by atoms with Gasteiger partial charge in [-0.1, -0.05) is 0 Å². The van der Waals surface area contributed by atoms with E-state index >= 15 is 0 Å². The van der Waals surface area contributed by atoms with Crippen LogP contribution in [0.15, 0.2) is 47.5 Å². The zero-order chi connectivity index (χ0) is 20.1. The molecule has 1 aliphatic heterocycles. The molecule has 1 aliphatic rings. The van der Waals surface area contributed by atoms with Crippen molar-refractivity contribution in [2.75, 3.05) is 16.8 Å². The Hall–Kier alpha value is -2.59. The van der Waals surface area contributed by atoms with Crippen LogP contribution in [0.3, 0.4) is 0 Å². The summed E-state index contributed by atoms with van der Waals surface area (Å²) in [6.45, 7) is 1.11. The van der Waals surface area contributed by atoms with E-state index < -0.39 is 15.9 Å². The minimum absolute atomic E-state index is 0.0751. The van der Waals surface area contributed by atoms with E-state index in [2.05, 4.69) is 10.3 Å². The molecule has 3 rings (SSSR count). The largest absolute Gasteiger partial charge is 0.473 e. The van der Waals surface area contributed by atoms with Gasteiger partial charge in [0.05, 0.1) is 10.5 Å². The number of pyridine rings is 1. The fourth-order valence-corrected chi connectivity index (χ4v) is 4.61. The number of anilines is 1. The first kappa shape index (κ1) is 20.2. The number of benzene rings is 1. The van der Waals surface area contributed by atoms with Gasteiger partial charge in [0.1, 0.15) is 6.10 Å². The van der Waals surface area contributed by atoms with Crippen LogP contribution < -0.4 is 14.8 Å². The molecule has 1 atom stereocenters. The van der Waals surface area contributed by atoms with Gasteiger partial charge in [0.15, 0.2) is 0 Å². The van der Waals surface area contributed by atoms with Crippen molar-refractivity contribution < 1.29 is 22.7 Å². The third-order valence-corrected chi connectivity index (χ3v) is 6.46. The Labute approximate surface area is 167 Å². The average molecular weight is 422 g/mol. The fourth-order valence-electron chi connectivity index (χ4n) is 2.53. The van der Waals surface area contributed by atoms with Crippen LogP contribution in [0.2, 0.25) is 0 Å². The van der Waals surface area contributed by atoms with Crippen molar-refractivity contribution in [2.24, 2.45) is 0 Å². The van der Waals surface area contributed by atoms with Crippen LogP contribution in [0.4, 0.5) is 5.69 Å². The van der Waals surface area contributed by atoms with Gasteiger partial charge in [-0.15, -0.1) is 0 Å². The minimum Gasteiger partial charge on any atom is -0.473 e. The van der Waals surface area contributed by atoms with Crippen LogP contribution in [-0.4, -0.2) is 42.8 Å². The first-order valence-corrected chi connectivity index (χ1v) is 11.1. The Morgan fingerprint density at radius 2 is 1.93 bits per heavy atom. The number of nitrogens with one attached hydrogen (secondary N) is 2. The predicted octanol–water partition coefficient (Wildman–Crippen LogP) is 2.04. The van der Waals surface area contributed by atoms with Gasteiger partial charge >= 0.3 is 0 Å². The van der Waals surface area contributed by atoms with E-state index in [1.165, 1.54) is 30.5 Å². The lowest BCUT2D eigenvalue weighted by Crippen LogP contribution is -2.28. The zero-order valence-electron chi connectivity index (χ0n) is 15.0. The normalized spacial score (nSPS) is 16.4. The van der Waals surface area contributed by atoms with E-state index in [4.69, 9.17) is 4.74 Å². The Balaban J connectivity index is 1.61. The van der Waals surface area contributed by atoms with Gasteiger partial charge < -0.3 is 10.1 Å². The fraction of sp³-hybridized carbons (Fsp3) is 0.278. The Kier molecular flexibility index (Phi) is 6.20. The molecule has 1 aromatic carbocycles. The molecule has 10 heteroatoms. The molecule has 2 amide bonds. The smallest absolute Gasteiger partial charge is 0.264 e. The molecule has 2 heterocycles. The standard InChI is InChI=1S/C18H19N3O5S2/c1-12(22)21-28(24,25)16-5-3-14(4-6-16)20-18(23)13-2-7-17(19-10-13)26-15-8-9-27-11-15/h2-7,10,15H,8-9,11H2,1H3,(H,20,23)(H,21,22). The first-order valence-electron chi connectivity index (χ1n) is 8.49. The number of ether oxygens (including phenoxy) is 1. The number of thioether (sulfide) groups is 1. The molecule has 0 spiro atoms. The van der Waals surface area contributed by atoms with Crippen LogP contribution in [0, 0.1) is 0 Å². The third-order valence-electron chi connectivity index (χ3n) is 3.87. The number of sulfonamides is 1. The van der Waals surface area contributed by atoms with Crippen LogP contribution in [0.1, 0.15) is 23.7 Å². The van der Waals surface area contributed by atoms with Gasteiger partial charge in [-0.3, -0.25) is 9.59 Å². The second-order valence-electron chi connectivity index (χ2n) is 6.13. The van der Waals surface area contributed by atoms with Gasteiger partial charge in [0.25, 0.3) is 15.9 Å². The molecular weight excluding hydrogens is 402 g/mol. The molecule has 8 nitrogen and oxygen atoms in total. The average Bonchev–Trinajstić information content (AvgIpc) is 3.15. The number of hydrogen-bond acceptors (Lipinski definition) is 7. The molecule has 148 valence electrons. The maximum Gasteiger partial charge on any atom is 0.264 e. The molecule has 0 bridgehead atoms. The van der Waals surface area contributed by atoms with Crippen LogP contribution in [0.5, 0.6) is 5.88 Å². The van der Waals surface area contributed by atoms with Crippen LogP contribution in [0.25, 0.3) is 0 Å². The number of amides is 2. The highest BCUT2D eigenvalue weighted by Gasteiger charge is 2.18. The van der Waals surface area contributed by atoms with Crippen molar-refractivity contribution in [1.82, 2.24) is 9.71 Å². The van der Waals surface area contributed by atoms with Crippen LogP contribution in [-0.2, 0) is 14.8 Å². The SMILES string of the molecule is CC(=O)NS(=O)(=O)c1ccc(NC(=O)c2ccc(OC3CCSC3)nc2)cc1. The van der Waals surface area contributed by atoms with E-state index in [-0.39, 0.29) is 16.9 Å². The quantitative estimate of drug-likeness (QED) is 0.733. The van der Waals surface area contributed by atoms with E-state index in [9.17, 15) is 18.0 Å². The molecule has 0 radical (unpaired) electrons. The number of rotatable bonds is 6. The Bertz CT molecular complexity index is 954. The topological polar surface area (TPSA) is 114 Å².